The van der Waals surface area contributed by atoms with Gasteiger partial charge >= 0.3 is 35.5 Å². The van der Waals surface area contributed by atoms with Gasteiger partial charge in [-0.3, -0.25) is 9.71 Å². The molecule has 0 aromatic carbocycles. The molecular weight excluding hydrogens is 473 g/mol. The molecule has 0 heterocycles. The zero-order valence-corrected chi connectivity index (χ0v) is 20.5. The molecule has 0 unspecified atom stereocenters. The fraction of sp³-hybridized carbons (Fsp3) is 0.800. The molecule has 30 heavy (non-hydrogen) atoms. The maximum absolute atomic E-state index is 10.3. The summed E-state index contributed by atoms with van der Waals surface area (Å²) in [6.07, 6.45) is 3.34. The van der Waals surface area contributed by atoms with Gasteiger partial charge in [0.05, 0.1) is 0 Å². The second-order valence-electron chi connectivity index (χ2n) is 4.80. The molecular formula is C15H29BrN9NaO4. The topological polar surface area (TPSA) is 228 Å². The van der Waals surface area contributed by atoms with Crippen LogP contribution in [0.1, 0.15) is 59.8 Å². The zero-order valence-electron chi connectivity index (χ0n) is 16.9. The van der Waals surface area contributed by atoms with Gasteiger partial charge in [0.1, 0.15) is 11.6 Å². The van der Waals surface area contributed by atoms with E-state index in [4.69, 9.17) is 27.2 Å². The Morgan fingerprint density at radius 1 is 0.833 bits per heavy atom. The third-order valence-electron chi connectivity index (χ3n) is 2.22. The maximum atomic E-state index is 10.3. The molecule has 0 amide bonds. The van der Waals surface area contributed by atoms with E-state index in [2.05, 4.69) is 36.0 Å². The second-order valence-corrected chi connectivity index (χ2v) is 5.59. The molecule has 0 saturated carbocycles. The molecule has 0 radical (unpaired) electrons. The number of Topliss-reactive ketones (excluding diaryl/α,β-unsaturated/α-hetero) is 2. The van der Waals surface area contributed by atoms with Gasteiger partial charge < -0.3 is 25.8 Å². The Morgan fingerprint density at radius 2 is 1.17 bits per heavy atom. The summed E-state index contributed by atoms with van der Waals surface area (Å²) >= 11 is 3.23. The number of rotatable bonds is 11. The Balaban J connectivity index is -0.0000000658. The smallest absolute Gasteiger partial charge is 0.481 e. The van der Waals surface area contributed by atoms with Crippen LogP contribution in [0.4, 0.5) is 0 Å². The van der Waals surface area contributed by atoms with Gasteiger partial charge in [-0.25, -0.2) is 0 Å². The number of ketones is 2. The number of hydrogen-bond acceptors (Lipinski definition) is 5. The van der Waals surface area contributed by atoms with Crippen LogP contribution in [-0.4, -0.2) is 41.1 Å². The molecule has 0 aliphatic carbocycles. The molecule has 13 nitrogen and oxygen atoms in total. The van der Waals surface area contributed by atoms with Crippen LogP contribution in [0.3, 0.4) is 0 Å². The van der Waals surface area contributed by atoms with Gasteiger partial charge in [0.25, 0.3) is 0 Å². The molecule has 166 valence electrons. The van der Waals surface area contributed by atoms with Crippen molar-refractivity contribution in [3.8, 4) is 0 Å². The fourth-order valence-corrected chi connectivity index (χ4v) is 1.39. The van der Waals surface area contributed by atoms with Crippen LogP contribution < -0.4 is 29.6 Å². The summed E-state index contributed by atoms with van der Waals surface area (Å²) in [7, 11) is 0. The summed E-state index contributed by atoms with van der Waals surface area (Å²) in [5.74, 6) is -0.439. The minimum Gasteiger partial charge on any atom is -0.481 e. The number of hydrogen-bond donors (Lipinski definition) is 1. The predicted octanol–water partition coefficient (Wildman–Crippen LogP) is 3.08. The van der Waals surface area contributed by atoms with Gasteiger partial charge in [-0.05, 0) is 44.2 Å². The quantitative estimate of drug-likeness (QED) is 0.112. The first-order valence-electron chi connectivity index (χ1n) is 8.00. The van der Waals surface area contributed by atoms with Crippen molar-refractivity contribution in [2.75, 3.05) is 18.4 Å². The van der Waals surface area contributed by atoms with Crippen molar-refractivity contribution in [1.29, 1.82) is 0 Å². The second kappa shape index (κ2) is 41.6. The standard InChI is InChI=1S/C5H9BrO.C5H9N3O.C4H7N3O2.CH4.N3.Na/c1-5(7)3-2-4-6;1-5(9)3-2-4-7-8-6;5-7-6-3-1-2-4(8)9;;1-3-2;/h2-4H2,1H3;2-4H2,1H3;1-3H2,(H,8,9);1H4;;/q;;;;-1;+1. The first kappa shape index (κ1) is 42.3. The summed E-state index contributed by atoms with van der Waals surface area (Å²) < 4.78 is 0. The number of halogens is 1. The number of aliphatic carboxylic acids is 1. The Morgan fingerprint density at radius 3 is 1.40 bits per heavy atom. The number of carbonyl (C=O) groups excluding carboxylic acids is 2. The molecule has 0 atom stereocenters. The molecule has 0 aromatic rings. The van der Waals surface area contributed by atoms with Crippen LogP contribution >= 0.6 is 15.9 Å². The third kappa shape index (κ3) is 82.5. The summed E-state index contributed by atoms with van der Waals surface area (Å²) in [5.41, 5.74) is 29.0. The maximum Gasteiger partial charge on any atom is 1.00 e. The van der Waals surface area contributed by atoms with Crippen LogP contribution in [0.5, 0.6) is 0 Å². The fourth-order valence-electron chi connectivity index (χ4n) is 1.10. The van der Waals surface area contributed by atoms with Crippen LogP contribution in [-0.2, 0) is 14.4 Å². The molecule has 0 bridgehead atoms. The summed E-state index contributed by atoms with van der Waals surface area (Å²) in [4.78, 5) is 36.8. The van der Waals surface area contributed by atoms with Crippen molar-refractivity contribution in [3.05, 3.63) is 36.9 Å². The minimum absolute atomic E-state index is 0. The largest absolute Gasteiger partial charge is 1.00 e. The van der Waals surface area contributed by atoms with Crippen molar-refractivity contribution < 1.29 is 49.0 Å². The first-order valence-corrected chi connectivity index (χ1v) is 9.12. The van der Waals surface area contributed by atoms with E-state index in [0.29, 0.717) is 32.2 Å². The van der Waals surface area contributed by atoms with E-state index < -0.39 is 5.97 Å². The van der Waals surface area contributed by atoms with Crippen LogP contribution in [0.25, 0.3) is 36.9 Å². The average Bonchev–Trinajstić information content (AvgIpc) is 2.62. The molecule has 0 rings (SSSR count). The van der Waals surface area contributed by atoms with Crippen LogP contribution in [0.2, 0.25) is 0 Å². The number of carboxylic acid groups (broad SMARTS) is 1. The Kier molecular flexibility index (Phi) is 58.7. The SMILES string of the molecule is C.CC(=O)CCCBr.CC(=O)CCCN=[N+]=[N-].[N-]=[N+]=NCCCC(=O)O.[N-]=[N+]=[N-].[Na+]. The number of carbonyl (C=O) groups is 3. The van der Waals surface area contributed by atoms with Gasteiger partial charge in [0, 0.05) is 47.5 Å². The van der Waals surface area contributed by atoms with E-state index in [1.165, 1.54) is 11.8 Å². The zero-order chi connectivity index (χ0) is 22.6. The molecule has 15 heteroatoms. The number of nitrogens with zero attached hydrogens (tertiary/aromatic N) is 9. The number of azide groups is 2. The molecule has 0 aliphatic heterocycles. The van der Waals surface area contributed by atoms with E-state index in [9.17, 15) is 14.4 Å². The molecule has 0 spiro atoms. The third-order valence-corrected chi connectivity index (χ3v) is 2.79. The molecule has 0 fully saturated rings. The first-order chi connectivity index (χ1) is 13.2. The van der Waals surface area contributed by atoms with Crippen molar-refractivity contribution in [2.45, 2.75) is 59.8 Å². The normalized spacial score (nSPS) is 7.17. The minimum atomic E-state index is -0.858. The molecule has 0 aromatic heterocycles. The van der Waals surface area contributed by atoms with Crippen molar-refractivity contribution >= 4 is 33.5 Å². The van der Waals surface area contributed by atoms with Gasteiger partial charge in [-0.1, -0.05) is 33.6 Å². The van der Waals surface area contributed by atoms with Gasteiger partial charge in [-0.2, -0.15) is 0 Å². The number of alkyl halides is 1. The number of carboxylic acids is 1. The van der Waals surface area contributed by atoms with Gasteiger partial charge in [0.2, 0.25) is 0 Å². The Labute approximate surface area is 207 Å². The van der Waals surface area contributed by atoms with Crippen molar-refractivity contribution in [1.82, 2.24) is 0 Å². The molecule has 0 saturated heterocycles. The summed E-state index contributed by atoms with van der Waals surface area (Å²) in [6, 6.07) is 0. The van der Waals surface area contributed by atoms with E-state index in [1.807, 2.05) is 0 Å². The van der Waals surface area contributed by atoms with Crippen molar-refractivity contribution in [2.24, 2.45) is 10.2 Å². The molecule has 1 N–H and O–H groups in total. The van der Waals surface area contributed by atoms with E-state index in [1.54, 1.807) is 6.92 Å². The predicted molar refractivity (Wildman–Crippen MR) is 115 cm³/mol. The Hall–Kier alpha value is -1.78. The molecule has 0 aliphatic rings. The Bertz CT molecular complexity index is 522. The van der Waals surface area contributed by atoms with Gasteiger partial charge in [-0.15, -0.1) is 0 Å². The summed E-state index contributed by atoms with van der Waals surface area (Å²) in [5, 5.41) is 15.4. The van der Waals surface area contributed by atoms with E-state index in [0.717, 1.165) is 11.8 Å². The van der Waals surface area contributed by atoms with E-state index in [-0.39, 0.29) is 61.5 Å². The average molecular weight is 502 g/mol. The monoisotopic (exact) mass is 501 g/mol. The van der Waals surface area contributed by atoms with E-state index >= 15 is 0 Å². The van der Waals surface area contributed by atoms with Crippen molar-refractivity contribution in [3.63, 3.8) is 0 Å². The van der Waals surface area contributed by atoms with Gasteiger partial charge in [0.15, 0.2) is 0 Å². The van der Waals surface area contributed by atoms with Crippen LogP contribution in [0, 0.1) is 0 Å². The van der Waals surface area contributed by atoms with Crippen LogP contribution in [0.15, 0.2) is 10.2 Å². The summed E-state index contributed by atoms with van der Waals surface area (Å²) in [6.45, 7) is 3.83.